The highest BCUT2D eigenvalue weighted by atomic mass is 32.2. The van der Waals surface area contributed by atoms with Gasteiger partial charge in [0.25, 0.3) is 0 Å². The van der Waals surface area contributed by atoms with Crippen LogP contribution in [0.15, 0.2) is 53.0 Å². The number of hydrogen-bond donors (Lipinski definition) is 0. The second kappa shape index (κ2) is 6.18. The first-order valence-corrected chi connectivity index (χ1v) is 9.35. The largest absolute Gasteiger partial charge is 0.466 e. The fourth-order valence-corrected chi connectivity index (χ4v) is 4.86. The van der Waals surface area contributed by atoms with Crippen LogP contribution in [0.2, 0.25) is 0 Å². The van der Waals surface area contributed by atoms with E-state index >= 15 is 0 Å². The monoisotopic (exact) mass is 347 g/mol. The van der Waals surface area contributed by atoms with Gasteiger partial charge in [-0.2, -0.15) is 4.31 Å². The first-order valence-electron chi connectivity index (χ1n) is 7.91. The number of ether oxygens (including phenoxy) is 1. The molecule has 6 heteroatoms. The van der Waals surface area contributed by atoms with Gasteiger partial charge in [-0.05, 0) is 37.5 Å². The molecule has 0 aromatic heterocycles. The van der Waals surface area contributed by atoms with Crippen molar-refractivity contribution in [1.29, 1.82) is 0 Å². The van der Waals surface area contributed by atoms with Gasteiger partial charge >= 0.3 is 5.97 Å². The second-order valence-corrected chi connectivity index (χ2v) is 8.31. The predicted molar refractivity (Wildman–Crippen MR) is 90.8 cm³/mol. The molecule has 3 rings (SSSR count). The molecular formula is C18H21NO4S. The molecular weight excluding hydrogens is 326 g/mol. The first kappa shape index (κ1) is 16.9. The SMILES string of the molecule is COC(=O)/C=C1/CN(S(=O)(=O)c2ccc(C)cc2)C[C@@]12C=CCC2. The Morgan fingerprint density at radius 2 is 2.00 bits per heavy atom. The van der Waals surface area contributed by atoms with Crippen LogP contribution >= 0.6 is 0 Å². The summed E-state index contributed by atoms with van der Waals surface area (Å²) in [6.45, 7) is 2.50. The van der Waals surface area contributed by atoms with E-state index in [0.29, 0.717) is 6.54 Å². The van der Waals surface area contributed by atoms with Gasteiger partial charge in [0.1, 0.15) is 0 Å². The third-order valence-electron chi connectivity index (χ3n) is 4.79. The van der Waals surface area contributed by atoms with Gasteiger partial charge in [-0.1, -0.05) is 29.8 Å². The van der Waals surface area contributed by atoms with Crippen LogP contribution in [0.25, 0.3) is 0 Å². The van der Waals surface area contributed by atoms with Crippen molar-refractivity contribution in [2.24, 2.45) is 5.41 Å². The Kier molecular flexibility index (Phi) is 4.36. The zero-order chi connectivity index (χ0) is 17.4. The topological polar surface area (TPSA) is 63.7 Å². The highest BCUT2D eigenvalue weighted by Crippen LogP contribution is 2.46. The quantitative estimate of drug-likeness (QED) is 0.479. The normalized spacial score (nSPS) is 25.7. The number of sulfonamides is 1. The Bertz CT molecular complexity index is 808. The average molecular weight is 347 g/mol. The third-order valence-corrected chi connectivity index (χ3v) is 6.60. The van der Waals surface area contributed by atoms with Crippen LogP contribution in [0.1, 0.15) is 18.4 Å². The minimum absolute atomic E-state index is 0.218. The van der Waals surface area contributed by atoms with Crippen LogP contribution in [0.3, 0.4) is 0 Å². The molecule has 1 aliphatic heterocycles. The molecule has 1 spiro atoms. The lowest BCUT2D eigenvalue weighted by atomic mass is 9.82. The third kappa shape index (κ3) is 2.91. The van der Waals surface area contributed by atoms with Gasteiger partial charge in [0.05, 0.1) is 12.0 Å². The number of benzene rings is 1. The summed E-state index contributed by atoms with van der Waals surface area (Å²) in [6, 6.07) is 6.84. The Morgan fingerprint density at radius 1 is 1.29 bits per heavy atom. The molecule has 2 aliphatic rings. The van der Waals surface area contributed by atoms with Gasteiger partial charge in [0, 0.05) is 24.6 Å². The van der Waals surface area contributed by atoms with E-state index in [9.17, 15) is 13.2 Å². The van der Waals surface area contributed by atoms with E-state index in [2.05, 4.69) is 0 Å². The Labute approximate surface area is 142 Å². The number of esters is 1. The minimum Gasteiger partial charge on any atom is -0.466 e. The standard InChI is InChI=1S/C18H21NO4S/c1-14-5-7-16(8-6-14)24(21,22)19-12-15(11-17(20)23-2)18(13-19)9-3-4-10-18/h3,5-9,11H,4,10,12-13H2,1-2H3/b15-11-/t18-/m0/s1. The summed E-state index contributed by atoms with van der Waals surface area (Å²) in [7, 11) is -2.26. The van der Waals surface area contributed by atoms with Gasteiger partial charge in [0.15, 0.2) is 0 Å². The maximum absolute atomic E-state index is 12.9. The maximum Gasteiger partial charge on any atom is 0.330 e. The number of hydrogen-bond acceptors (Lipinski definition) is 4. The average Bonchev–Trinajstić information content (AvgIpc) is 3.17. The molecule has 0 saturated carbocycles. The van der Waals surface area contributed by atoms with Crippen molar-refractivity contribution in [3.05, 3.63) is 53.6 Å². The van der Waals surface area contributed by atoms with Gasteiger partial charge in [-0.15, -0.1) is 0 Å². The Hall–Kier alpha value is -1.92. The lowest BCUT2D eigenvalue weighted by Crippen LogP contribution is -2.31. The molecule has 1 aromatic carbocycles. The molecule has 0 N–H and O–H groups in total. The molecule has 128 valence electrons. The van der Waals surface area contributed by atoms with Crippen LogP contribution in [0.5, 0.6) is 0 Å². The summed E-state index contributed by atoms with van der Waals surface area (Å²) in [6.07, 6.45) is 7.23. The van der Waals surface area contributed by atoms with Crippen LogP contribution < -0.4 is 0 Å². The number of methoxy groups -OCH3 is 1. The number of nitrogens with zero attached hydrogens (tertiary/aromatic N) is 1. The summed E-state index contributed by atoms with van der Waals surface area (Å²) < 4.78 is 32.1. The molecule has 0 radical (unpaired) electrons. The Morgan fingerprint density at radius 3 is 2.58 bits per heavy atom. The summed E-state index contributed by atoms with van der Waals surface area (Å²) in [5.41, 5.74) is 1.43. The number of carbonyl (C=O) groups is 1. The second-order valence-electron chi connectivity index (χ2n) is 6.38. The van der Waals surface area contributed by atoms with Crippen molar-refractivity contribution < 1.29 is 17.9 Å². The molecule has 1 fully saturated rings. The maximum atomic E-state index is 12.9. The molecule has 1 aromatic rings. The van der Waals surface area contributed by atoms with E-state index in [4.69, 9.17) is 4.74 Å². The lowest BCUT2D eigenvalue weighted by Gasteiger charge is -2.23. The molecule has 0 bridgehead atoms. The van der Waals surface area contributed by atoms with E-state index in [1.54, 1.807) is 24.3 Å². The predicted octanol–water partition coefficient (Wildman–Crippen LogP) is 2.44. The molecule has 24 heavy (non-hydrogen) atoms. The number of allylic oxidation sites excluding steroid dienone is 1. The van der Waals surface area contributed by atoms with E-state index < -0.39 is 16.0 Å². The van der Waals surface area contributed by atoms with E-state index in [1.165, 1.54) is 17.5 Å². The molecule has 0 amide bonds. The van der Waals surface area contributed by atoms with Crippen LogP contribution in [-0.4, -0.2) is 38.9 Å². The van der Waals surface area contributed by atoms with Gasteiger partial charge in [-0.3, -0.25) is 0 Å². The summed E-state index contributed by atoms with van der Waals surface area (Å²) in [5.74, 6) is -0.445. The van der Waals surface area contributed by atoms with Crippen LogP contribution in [0, 0.1) is 12.3 Å². The number of carbonyl (C=O) groups excluding carboxylic acids is 1. The molecule has 1 atom stereocenters. The molecule has 1 aliphatic carbocycles. The molecule has 1 heterocycles. The highest BCUT2D eigenvalue weighted by molar-refractivity contribution is 7.89. The van der Waals surface area contributed by atoms with E-state index in [1.807, 2.05) is 19.1 Å². The van der Waals surface area contributed by atoms with Crippen molar-refractivity contribution in [2.45, 2.75) is 24.7 Å². The van der Waals surface area contributed by atoms with E-state index in [-0.39, 0.29) is 16.9 Å². The van der Waals surface area contributed by atoms with Crippen LogP contribution in [0.4, 0.5) is 0 Å². The van der Waals surface area contributed by atoms with Crippen molar-refractivity contribution in [3.63, 3.8) is 0 Å². The van der Waals surface area contributed by atoms with Gasteiger partial charge in [0.2, 0.25) is 10.0 Å². The number of aryl methyl sites for hydroxylation is 1. The van der Waals surface area contributed by atoms with Crippen molar-refractivity contribution in [3.8, 4) is 0 Å². The van der Waals surface area contributed by atoms with Crippen molar-refractivity contribution in [1.82, 2.24) is 4.31 Å². The number of rotatable bonds is 3. The smallest absolute Gasteiger partial charge is 0.330 e. The van der Waals surface area contributed by atoms with Gasteiger partial charge in [-0.25, -0.2) is 13.2 Å². The first-order chi connectivity index (χ1) is 11.4. The zero-order valence-corrected chi connectivity index (χ0v) is 14.7. The fourth-order valence-electron chi connectivity index (χ4n) is 3.37. The fraction of sp³-hybridized carbons (Fsp3) is 0.389. The Balaban J connectivity index is 1.96. The van der Waals surface area contributed by atoms with Crippen molar-refractivity contribution >= 4 is 16.0 Å². The summed E-state index contributed by atoms with van der Waals surface area (Å²) >= 11 is 0. The molecule has 5 nitrogen and oxygen atoms in total. The minimum atomic E-state index is -3.59. The van der Waals surface area contributed by atoms with Crippen molar-refractivity contribution in [2.75, 3.05) is 20.2 Å². The van der Waals surface area contributed by atoms with Gasteiger partial charge < -0.3 is 4.74 Å². The highest BCUT2D eigenvalue weighted by Gasteiger charge is 2.46. The summed E-state index contributed by atoms with van der Waals surface area (Å²) in [4.78, 5) is 12.0. The molecule has 1 saturated heterocycles. The molecule has 0 unspecified atom stereocenters. The van der Waals surface area contributed by atoms with E-state index in [0.717, 1.165) is 24.0 Å². The van der Waals surface area contributed by atoms with Crippen LogP contribution in [-0.2, 0) is 19.6 Å². The summed E-state index contributed by atoms with van der Waals surface area (Å²) in [5, 5.41) is 0. The zero-order valence-electron chi connectivity index (χ0n) is 13.9. The lowest BCUT2D eigenvalue weighted by molar-refractivity contribution is -0.134.